The lowest BCUT2D eigenvalue weighted by molar-refractivity contribution is -0.361. The zero-order valence-corrected chi connectivity index (χ0v) is 45.3. The molecule has 0 aromatic heterocycles. The van der Waals surface area contributed by atoms with E-state index in [2.05, 4.69) is 26.8 Å². The zero-order chi connectivity index (χ0) is 53.9. The van der Waals surface area contributed by atoms with E-state index in [1.54, 1.807) is 21.1 Å². The molecule has 5 heterocycles. The number of carbonyl (C=O) groups excluding carboxylic acids is 1. The van der Waals surface area contributed by atoms with Crippen LogP contribution >= 0.6 is 0 Å². The van der Waals surface area contributed by atoms with Crippen LogP contribution in [0.3, 0.4) is 0 Å². The average Bonchev–Trinajstić information content (AvgIpc) is 3.66. The summed E-state index contributed by atoms with van der Waals surface area (Å²) in [4.78, 5) is 13.6. The number of fused-ring (bicyclic) bond motifs is 5. The number of hydrogen-bond acceptors (Lipinski definition) is 21. The van der Waals surface area contributed by atoms with E-state index in [0.29, 0.717) is 25.7 Å². The van der Waals surface area contributed by atoms with Crippen molar-refractivity contribution in [1.82, 2.24) is 0 Å². The van der Waals surface area contributed by atoms with Crippen LogP contribution in [0.4, 0.5) is 0 Å². The number of ether oxygens (including phenoxy) is 13. The second-order valence-electron chi connectivity index (χ2n) is 23.6. The zero-order valence-electron chi connectivity index (χ0n) is 45.3. The Bertz CT molecular complexity index is 1920. The average molecular weight is 1070 g/mol. The Kier molecular flexibility index (Phi) is 18.3. The minimum atomic E-state index is -1.67. The van der Waals surface area contributed by atoms with Crippen molar-refractivity contribution in [2.45, 2.75) is 259 Å². The maximum absolute atomic E-state index is 13.6. The lowest BCUT2D eigenvalue weighted by atomic mass is 9.45. The summed E-state index contributed by atoms with van der Waals surface area (Å²) in [6.07, 6.45) is -9.11. The van der Waals surface area contributed by atoms with E-state index in [9.17, 15) is 40.5 Å². The van der Waals surface area contributed by atoms with Gasteiger partial charge in [0.05, 0.1) is 62.0 Å². The van der Waals surface area contributed by atoms with Gasteiger partial charge in [-0.3, -0.25) is 4.79 Å². The molecule has 4 aliphatic carbocycles. The van der Waals surface area contributed by atoms with Crippen LogP contribution in [0, 0.1) is 28.6 Å². The van der Waals surface area contributed by atoms with E-state index < -0.39 is 142 Å². The fourth-order valence-electron chi connectivity index (χ4n) is 15.2. The van der Waals surface area contributed by atoms with Crippen LogP contribution < -0.4 is 0 Å². The first kappa shape index (κ1) is 58.3. The molecule has 75 heavy (non-hydrogen) atoms. The molecule has 21 heteroatoms. The highest BCUT2D eigenvalue weighted by Crippen LogP contribution is 2.67. The van der Waals surface area contributed by atoms with Crippen molar-refractivity contribution < 1.29 is 102 Å². The Morgan fingerprint density at radius 2 is 1.16 bits per heavy atom. The number of Topliss-reactive ketones (excluding diaryl/α,β-unsaturated/α-hetero) is 1. The highest BCUT2D eigenvalue weighted by molar-refractivity contribution is 5.91. The largest absolute Gasteiger partial charge is 0.394 e. The molecule has 0 aromatic rings. The summed E-state index contributed by atoms with van der Waals surface area (Å²) in [7, 11) is 4.69. The summed E-state index contributed by atoms with van der Waals surface area (Å²) in [6, 6.07) is 0. The third kappa shape index (κ3) is 10.9. The summed E-state index contributed by atoms with van der Waals surface area (Å²) >= 11 is 0. The molecule has 28 atom stereocenters. The fourth-order valence-corrected chi connectivity index (χ4v) is 15.2. The molecule has 0 spiro atoms. The predicted octanol–water partition coefficient (Wildman–Crippen LogP) is 1.91. The molecule has 8 fully saturated rings. The summed E-state index contributed by atoms with van der Waals surface area (Å²) in [5.41, 5.74) is -0.343. The second-order valence-corrected chi connectivity index (χ2v) is 23.6. The van der Waals surface area contributed by atoms with Gasteiger partial charge < -0.3 is 97.3 Å². The number of aliphatic hydroxyl groups is 7. The molecule has 9 aliphatic rings. The monoisotopic (exact) mass is 1070 g/mol. The summed E-state index contributed by atoms with van der Waals surface area (Å²) in [6.45, 7) is 11.0. The third-order valence-electron chi connectivity index (χ3n) is 19.6. The number of rotatable bonds is 16. The molecule has 0 radical (unpaired) electrons. The maximum Gasteiger partial charge on any atom is 0.187 e. The van der Waals surface area contributed by atoms with Gasteiger partial charge >= 0.3 is 0 Å². The minimum absolute atomic E-state index is 0.0405. The molecule has 0 aromatic carbocycles. The number of hydrogen-bond donors (Lipinski definition) is 7. The van der Waals surface area contributed by atoms with Gasteiger partial charge in [-0.05, 0) is 76.5 Å². The number of carbonyl (C=O) groups is 1. The highest BCUT2D eigenvalue weighted by Gasteiger charge is 2.70. The second kappa shape index (κ2) is 23.6. The topological polar surface area (TPSA) is 279 Å². The van der Waals surface area contributed by atoms with Crippen molar-refractivity contribution in [3.05, 3.63) is 11.6 Å². The van der Waals surface area contributed by atoms with Crippen molar-refractivity contribution >= 4 is 5.78 Å². The van der Waals surface area contributed by atoms with E-state index in [0.717, 1.165) is 38.5 Å². The maximum atomic E-state index is 13.6. The molecule has 9 rings (SSSR count). The van der Waals surface area contributed by atoms with Crippen LogP contribution in [0.1, 0.15) is 119 Å². The van der Waals surface area contributed by atoms with Gasteiger partial charge in [-0.15, -0.1) is 0 Å². The van der Waals surface area contributed by atoms with E-state index in [1.165, 1.54) is 12.7 Å². The van der Waals surface area contributed by atoms with E-state index in [4.69, 9.17) is 61.6 Å². The van der Waals surface area contributed by atoms with Gasteiger partial charge in [-0.25, -0.2) is 0 Å². The van der Waals surface area contributed by atoms with Gasteiger partial charge in [0, 0.05) is 64.8 Å². The van der Waals surface area contributed by atoms with Crippen molar-refractivity contribution in [1.29, 1.82) is 0 Å². The predicted molar refractivity (Wildman–Crippen MR) is 261 cm³/mol. The standard InChI is InChI=1S/C54H88O21/c1-10-28-18-39(58)54(62)32-12-11-29-17-30(13-15-52(29,5)31(32)14-16-53(28,54)6)69-41-20-34(63-7)49(26(3)67-41)74-42-21-35(64-8)48(27(4)68-42)73-40-19-33(57)47(25(2)66-40)72-43-22-36(65-9)50(38(24-56)70-43)75-51-46(61)45(60)44(59)37(23-55)71-51/h11,25-28,30-38,40-51,55-57,59-62H,10,12-24H2,1-9H3. The van der Waals surface area contributed by atoms with Gasteiger partial charge in [0.15, 0.2) is 37.2 Å². The Morgan fingerprint density at radius 1 is 0.613 bits per heavy atom. The van der Waals surface area contributed by atoms with E-state index in [-0.39, 0.29) is 59.4 Å². The van der Waals surface area contributed by atoms with Crippen LogP contribution in [-0.2, 0) is 66.4 Å². The lowest BCUT2D eigenvalue weighted by Gasteiger charge is -2.60. The fraction of sp³-hybridized carbons (Fsp3) is 0.944. The van der Waals surface area contributed by atoms with Crippen LogP contribution in [-0.4, -0.2) is 217 Å². The van der Waals surface area contributed by atoms with Crippen molar-refractivity contribution in [2.75, 3.05) is 34.5 Å². The van der Waals surface area contributed by atoms with Crippen LogP contribution in [0.25, 0.3) is 0 Å². The molecular formula is C54H88O21. The third-order valence-corrected chi connectivity index (χ3v) is 19.6. The number of methoxy groups -OCH3 is 3. The number of aliphatic hydroxyl groups excluding tert-OH is 6. The molecule has 430 valence electrons. The summed E-state index contributed by atoms with van der Waals surface area (Å²) in [5, 5.41) is 74.9. The van der Waals surface area contributed by atoms with Gasteiger partial charge in [-0.1, -0.05) is 38.8 Å². The normalized spacial score (nSPS) is 52.4. The molecule has 7 N–H and O–H groups in total. The quantitative estimate of drug-likeness (QED) is 0.109. The first-order chi connectivity index (χ1) is 35.7. The van der Waals surface area contributed by atoms with Gasteiger partial charge in [0.2, 0.25) is 0 Å². The molecule has 0 bridgehead atoms. The van der Waals surface area contributed by atoms with Gasteiger partial charge in [0.25, 0.3) is 0 Å². The molecule has 3 saturated carbocycles. The van der Waals surface area contributed by atoms with Gasteiger partial charge in [0.1, 0.15) is 60.5 Å². The minimum Gasteiger partial charge on any atom is -0.394 e. The van der Waals surface area contributed by atoms with E-state index in [1.807, 2.05) is 13.8 Å². The first-order valence-electron chi connectivity index (χ1n) is 27.8. The SMILES string of the molecule is CCC1CC(=O)C2(O)C3CC=C4CC(OC5CC(OC)C(OC6CC(OC)C(OC7CC(O)C(OC8CC(OC)C(OC9OC(CO)C(O)C(O)C9O)C(CO)O8)C(C)O7)C(C)O6)C(C)O5)CCC4(C)C3CCC12C. The molecule has 0 amide bonds. The van der Waals surface area contributed by atoms with Crippen molar-refractivity contribution in [3.63, 3.8) is 0 Å². The van der Waals surface area contributed by atoms with Crippen LogP contribution in [0.5, 0.6) is 0 Å². The molecule has 5 saturated heterocycles. The van der Waals surface area contributed by atoms with Crippen molar-refractivity contribution in [3.8, 4) is 0 Å². The number of ketones is 1. The Labute approximate surface area is 441 Å². The summed E-state index contributed by atoms with van der Waals surface area (Å²) < 4.78 is 80.7. The van der Waals surface area contributed by atoms with Crippen molar-refractivity contribution in [2.24, 2.45) is 28.6 Å². The smallest absolute Gasteiger partial charge is 0.187 e. The molecule has 21 nitrogen and oxygen atoms in total. The highest BCUT2D eigenvalue weighted by atomic mass is 16.8. The van der Waals surface area contributed by atoms with Gasteiger partial charge in [-0.2, -0.15) is 0 Å². The molecule has 5 aliphatic heterocycles. The Morgan fingerprint density at radius 3 is 1.73 bits per heavy atom. The van der Waals surface area contributed by atoms with Crippen LogP contribution in [0.2, 0.25) is 0 Å². The lowest BCUT2D eigenvalue weighted by Crippen LogP contribution is -2.63. The Hall–Kier alpha value is -1.39. The van der Waals surface area contributed by atoms with Crippen LogP contribution in [0.15, 0.2) is 11.6 Å². The first-order valence-corrected chi connectivity index (χ1v) is 27.8. The van der Waals surface area contributed by atoms with E-state index >= 15 is 0 Å². The summed E-state index contributed by atoms with van der Waals surface area (Å²) in [5.74, 6) is 0.476. The Balaban J connectivity index is 0.745. The number of allylic oxidation sites excluding steroid dienone is 1. The molecular weight excluding hydrogens is 985 g/mol. The molecule has 28 unspecified atom stereocenters.